The molecule has 0 aromatic carbocycles. The molecular weight excluding hydrogens is 203 g/mol. The van der Waals surface area contributed by atoms with E-state index in [0.717, 1.165) is 0 Å². The summed E-state index contributed by atoms with van der Waals surface area (Å²) in [6, 6.07) is 0. The standard InChI is InChI=1S/C4H9O.2C2H4O2.Al/c1-4(2,3)5;2*1-2(3)4;/h1-3H3;2*1H3,(H,3,4);/q-1;;;+3/p-2. The molecule has 0 N–H and O–H groups in total. The van der Waals surface area contributed by atoms with Gasteiger partial charge < -0.3 is 11.4 Å². The number of carbonyl (C=O) groups excluding carboxylic acids is 2. The average Bonchev–Trinajstić information content (AvgIpc) is 1.77. The van der Waals surface area contributed by atoms with Gasteiger partial charge in [-0.15, -0.1) is 0 Å². The monoisotopic (exact) mass is 218 g/mol. The van der Waals surface area contributed by atoms with Crippen LogP contribution in [-0.4, -0.2) is 32.7 Å². The first-order valence-corrected chi connectivity index (χ1v) is 5.64. The van der Waals surface area contributed by atoms with Gasteiger partial charge in [-0.05, 0) is 20.8 Å². The Balaban J connectivity index is 4.24. The Bertz CT molecular complexity index is 204. The summed E-state index contributed by atoms with van der Waals surface area (Å²) in [6.07, 6.45) is 0. The Morgan fingerprint density at radius 3 is 1.57 bits per heavy atom. The fraction of sp³-hybridized carbons (Fsp3) is 0.750. The number of carbonyl (C=O) groups is 2. The molecule has 0 saturated carbocycles. The van der Waals surface area contributed by atoms with Crippen LogP contribution in [0.5, 0.6) is 0 Å². The average molecular weight is 218 g/mol. The minimum Gasteiger partial charge on any atom is -0.562 e. The van der Waals surface area contributed by atoms with E-state index in [9.17, 15) is 9.59 Å². The van der Waals surface area contributed by atoms with Crippen molar-refractivity contribution in [3.05, 3.63) is 0 Å². The quantitative estimate of drug-likeness (QED) is 0.659. The third-order valence-corrected chi connectivity index (χ3v) is 2.92. The summed E-state index contributed by atoms with van der Waals surface area (Å²) in [5, 5.41) is 0. The van der Waals surface area contributed by atoms with E-state index in [1.165, 1.54) is 13.8 Å². The summed E-state index contributed by atoms with van der Waals surface area (Å²) in [6.45, 7) is 7.87. The molecule has 0 aromatic heterocycles. The molecule has 0 aliphatic rings. The van der Waals surface area contributed by atoms with Gasteiger partial charge in [0.05, 0.1) is 0 Å². The molecule has 0 spiro atoms. The lowest BCUT2D eigenvalue weighted by molar-refractivity contribution is -0.142. The van der Waals surface area contributed by atoms with Crippen LogP contribution in [0.2, 0.25) is 0 Å². The van der Waals surface area contributed by atoms with Gasteiger partial charge in [0.1, 0.15) is 0 Å². The molecule has 0 bridgehead atoms. The van der Waals surface area contributed by atoms with Gasteiger partial charge in [0.15, 0.2) is 0 Å². The number of hydrogen-bond donors (Lipinski definition) is 0. The smallest absolute Gasteiger partial charge is 0.562 e. The summed E-state index contributed by atoms with van der Waals surface area (Å²) in [7, 11) is 0. The molecule has 0 aliphatic heterocycles. The highest BCUT2D eigenvalue weighted by molar-refractivity contribution is 6.41. The molecule has 0 unspecified atom stereocenters. The van der Waals surface area contributed by atoms with Crippen molar-refractivity contribution in [2.45, 2.75) is 40.2 Å². The van der Waals surface area contributed by atoms with Crippen molar-refractivity contribution in [3.63, 3.8) is 0 Å². The fourth-order valence-electron chi connectivity index (χ4n) is 0.632. The van der Waals surface area contributed by atoms with Gasteiger partial charge in [-0.1, -0.05) is 0 Å². The van der Waals surface area contributed by atoms with E-state index < -0.39 is 32.7 Å². The van der Waals surface area contributed by atoms with Gasteiger partial charge >= 0.3 is 15.1 Å². The van der Waals surface area contributed by atoms with Gasteiger partial charge in [0.2, 0.25) is 0 Å². The molecule has 0 aromatic rings. The largest absolute Gasteiger partial charge is 1.10 e. The first-order chi connectivity index (χ1) is 6.20. The fourth-order valence-corrected chi connectivity index (χ4v) is 1.90. The van der Waals surface area contributed by atoms with E-state index in [4.69, 9.17) is 11.4 Å². The summed E-state index contributed by atoms with van der Waals surface area (Å²) in [4.78, 5) is 21.3. The minimum atomic E-state index is -2.67. The maximum atomic E-state index is 10.7. The van der Waals surface area contributed by atoms with E-state index >= 15 is 0 Å². The molecule has 0 saturated heterocycles. The third-order valence-electron chi connectivity index (χ3n) is 0.974. The molecular formula is C8H15AlO5. The third kappa shape index (κ3) is 8.05. The molecule has 14 heavy (non-hydrogen) atoms. The molecule has 6 heteroatoms. The number of hydrogen-bond acceptors (Lipinski definition) is 5. The maximum absolute atomic E-state index is 10.7. The highest BCUT2D eigenvalue weighted by Gasteiger charge is 2.45. The van der Waals surface area contributed by atoms with Crippen molar-refractivity contribution in [3.8, 4) is 0 Å². The maximum Gasteiger partial charge on any atom is 1.10 e. The molecule has 0 amide bonds. The summed E-state index contributed by atoms with van der Waals surface area (Å²) >= 11 is -2.67. The van der Waals surface area contributed by atoms with Crippen molar-refractivity contribution in [2.75, 3.05) is 0 Å². The lowest BCUT2D eigenvalue weighted by Crippen LogP contribution is -2.38. The number of rotatable bonds is 3. The van der Waals surface area contributed by atoms with Crippen molar-refractivity contribution in [2.24, 2.45) is 0 Å². The molecule has 0 aliphatic carbocycles. The predicted octanol–water partition coefficient (Wildman–Crippen LogP) is 0.913. The van der Waals surface area contributed by atoms with Crippen molar-refractivity contribution < 1.29 is 21.0 Å². The van der Waals surface area contributed by atoms with Crippen LogP contribution in [0, 0.1) is 0 Å². The summed E-state index contributed by atoms with van der Waals surface area (Å²) in [5.41, 5.74) is -0.498. The SMILES string of the molecule is CC(=O)[O][Al]([O]C(C)=O)[O]C(C)(C)C. The zero-order valence-corrected chi connectivity index (χ0v) is 10.3. The second kappa shape index (κ2) is 5.35. The van der Waals surface area contributed by atoms with Crippen LogP contribution in [0.15, 0.2) is 0 Å². The van der Waals surface area contributed by atoms with Gasteiger partial charge in [-0.3, -0.25) is 9.59 Å². The van der Waals surface area contributed by atoms with Gasteiger partial charge in [0, 0.05) is 19.4 Å². The van der Waals surface area contributed by atoms with Crippen molar-refractivity contribution in [1.82, 2.24) is 0 Å². The molecule has 0 radical (unpaired) electrons. The van der Waals surface area contributed by atoms with E-state index in [2.05, 4.69) is 0 Å². The van der Waals surface area contributed by atoms with Gasteiger partial charge in [-0.25, -0.2) is 0 Å². The van der Waals surface area contributed by atoms with Crippen LogP contribution in [0.25, 0.3) is 0 Å². The van der Waals surface area contributed by atoms with E-state index in [0.29, 0.717) is 0 Å². The van der Waals surface area contributed by atoms with Crippen molar-refractivity contribution >= 4 is 27.1 Å². The summed E-state index contributed by atoms with van der Waals surface area (Å²) in [5.74, 6) is -1.01. The van der Waals surface area contributed by atoms with Crippen LogP contribution < -0.4 is 0 Å². The van der Waals surface area contributed by atoms with E-state index in [1.54, 1.807) is 20.8 Å². The summed E-state index contributed by atoms with van der Waals surface area (Å²) < 4.78 is 14.9. The second-order valence-corrected chi connectivity index (χ2v) is 5.02. The van der Waals surface area contributed by atoms with Crippen molar-refractivity contribution in [1.29, 1.82) is 0 Å². The van der Waals surface area contributed by atoms with Crippen LogP contribution in [0.1, 0.15) is 34.6 Å². The van der Waals surface area contributed by atoms with E-state index in [1.807, 2.05) is 0 Å². The Morgan fingerprint density at radius 2 is 1.36 bits per heavy atom. The van der Waals surface area contributed by atoms with Crippen LogP contribution >= 0.6 is 0 Å². The van der Waals surface area contributed by atoms with Crippen LogP contribution in [0.3, 0.4) is 0 Å². The Labute approximate surface area is 88.7 Å². The molecule has 0 atom stereocenters. The first kappa shape index (κ1) is 13.4. The minimum absolute atomic E-state index is 0.498. The lowest BCUT2D eigenvalue weighted by atomic mass is 10.2. The lowest BCUT2D eigenvalue weighted by Gasteiger charge is -2.22. The molecule has 0 rings (SSSR count). The molecule has 5 nitrogen and oxygen atoms in total. The zero-order valence-electron chi connectivity index (χ0n) is 9.12. The van der Waals surface area contributed by atoms with Gasteiger partial charge in [0.25, 0.3) is 11.9 Å². The topological polar surface area (TPSA) is 61.8 Å². The Hall–Kier alpha value is -0.568. The van der Waals surface area contributed by atoms with Gasteiger partial charge in [-0.2, -0.15) is 0 Å². The van der Waals surface area contributed by atoms with Crippen LogP contribution in [-0.2, 0) is 21.0 Å². The molecule has 0 heterocycles. The Kier molecular flexibility index (Phi) is 5.13. The normalized spacial score (nSPS) is 10.6. The van der Waals surface area contributed by atoms with Crippen LogP contribution in [0.4, 0.5) is 0 Å². The molecule has 0 fully saturated rings. The highest BCUT2D eigenvalue weighted by atomic mass is 27.3. The zero-order chi connectivity index (χ0) is 11.4. The van der Waals surface area contributed by atoms with E-state index in [-0.39, 0.29) is 0 Å². The second-order valence-electron chi connectivity index (χ2n) is 3.74. The highest BCUT2D eigenvalue weighted by Crippen LogP contribution is 2.10. The Morgan fingerprint density at radius 1 is 1.00 bits per heavy atom. The molecule has 80 valence electrons. The first-order valence-electron chi connectivity index (χ1n) is 4.23. The predicted molar refractivity (Wildman–Crippen MR) is 50.1 cm³/mol.